The lowest BCUT2D eigenvalue weighted by Gasteiger charge is -2.21. The van der Waals surface area contributed by atoms with Gasteiger partial charge in [-0.25, -0.2) is 4.98 Å². The minimum absolute atomic E-state index is 0.705. The van der Waals surface area contributed by atoms with E-state index < -0.39 is 0 Å². The van der Waals surface area contributed by atoms with Gasteiger partial charge >= 0.3 is 0 Å². The van der Waals surface area contributed by atoms with Gasteiger partial charge in [-0.15, -0.1) is 0 Å². The predicted molar refractivity (Wildman–Crippen MR) is 108 cm³/mol. The third-order valence-electron chi connectivity index (χ3n) is 4.64. The van der Waals surface area contributed by atoms with Crippen LogP contribution in [0.1, 0.15) is 31.2 Å². The van der Waals surface area contributed by atoms with Gasteiger partial charge in [-0.05, 0) is 24.5 Å². The second-order valence-corrected chi connectivity index (χ2v) is 7.32. The van der Waals surface area contributed by atoms with Crippen molar-refractivity contribution in [3.8, 4) is 11.4 Å². The molecule has 3 aromatic rings. The predicted octanol–water partition coefficient (Wildman–Crippen LogP) is 4.59. The topological polar surface area (TPSA) is 53.9 Å². The Kier molecular flexibility index (Phi) is 5.40. The molecule has 0 bridgehead atoms. The van der Waals surface area contributed by atoms with E-state index in [2.05, 4.69) is 36.7 Å². The molecule has 6 heteroatoms. The van der Waals surface area contributed by atoms with Gasteiger partial charge in [0.05, 0.1) is 0 Å². The van der Waals surface area contributed by atoms with Crippen LogP contribution in [0.25, 0.3) is 11.4 Å². The van der Waals surface area contributed by atoms with Crippen molar-refractivity contribution in [2.75, 3.05) is 23.3 Å². The minimum atomic E-state index is 0.705. The molecule has 1 aromatic carbocycles. The fourth-order valence-electron chi connectivity index (χ4n) is 3.19. The van der Waals surface area contributed by atoms with Crippen molar-refractivity contribution in [3.63, 3.8) is 0 Å². The second-order valence-electron chi connectivity index (χ2n) is 6.57. The van der Waals surface area contributed by atoms with Gasteiger partial charge in [-0.1, -0.05) is 49.2 Å². The smallest absolute Gasteiger partial charge is 0.203 e. The Morgan fingerprint density at radius 3 is 2.50 bits per heavy atom. The van der Waals surface area contributed by atoms with Crippen molar-refractivity contribution in [1.82, 2.24) is 14.3 Å². The third-order valence-corrected chi connectivity index (χ3v) is 5.31. The molecule has 134 valence electrons. The van der Waals surface area contributed by atoms with E-state index in [4.69, 9.17) is 0 Å². The minimum Gasteiger partial charge on any atom is -0.357 e. The summed E-state index contributed by atoms with van der Waals surface area (Å²) in [5.74, 6) is 1.87. The molecule has 0 spiro atoms. The van der Waals surface area contributed by atoms with Crippen molar-refractivity contribution in [3.05, 3.63) is 54.2 Å². The van der Waals surface area contributed by atoms with Crippen LogP contribution in [-0.2, 0) is 6.54 Å². The standard InChI is InChI=1S/C20H23N5S/c1-2-7-13-25(12-6-1)18-11-10-16(14-21-18)15-22-20-23-19(24-26-20)17-8-4-3-5-9-17/h3-5,8-11,14H,1-2,6-7,12-13,15H2,(H,22,23,24). The quantitative estimate of drug-likeness (QED) is 0.716. The maximum Gasteiger partial charge on any atom is 0.203 e. The Hall–Kier alpha value is -2.47. The summed E-state index contributed by atoms with van der Waals surface area (Å²) in [4.78, 5) is 11.6. The summed E-state index contributed by atoms with van der Waals surface area (Å²) in [6, 6.07) is 14.3. The molecule has 3 heterocycles. The summed E-state index contributed by atoms with van der Waals surface area (Å²) in [6.45, 7) is 2.95. The molecule has 0 aliphatic carbocycles. The van der Waals surface area contributed by atoms with Crippen molar-refractivity contribution in [2.24, 2.45) is 0 Å². The molecule has 0 atom stereocenters. The first kappa shape index (κ1) is 17.0. The molecule has 1 aliphatic heterocycles. The summed E-state index contributed by atoms with van der Waals surface area (Å²) in [7, 11) is 0. The first-order valence-corrected chi connectivity index (χ1v) is 9.99. The summed E-state index contributed by atoms with van der Waals surface area (Å²) >= 11 is 1.39. The molecule has 0 unspecified atom stereocenters. The highest BCUT2D eigenvalue weighted by Crippen LogP contribution is 2.22. The van der Waals surface area contributed by atoms with Crippen LogP contribution in [0.2, 0.25) is 0 Å². The Morgan fingerprint density at radius 1 is 0.962 bits per heavy atom. The summed E-state index contributed by atoms with van der Waals surface area (Å²) in [6.07, 6.45) is 7.18. The van der Waals surface area contributed by atoms with E-state index in [0.717, 1.165) is 41.0 Å². The molecule has 0 saturated carbocycles. The number of benzene rings is 1. The maximum atomic E-state index is 4.66. The van der Waals surface area contributed by atoms with E-state index in [1.807, 2.05) is 36.5 Å². The van der Waals surface area contributed by atoms with E-state index >= 15 is 0 Å². The molecule has 1 aliphatic rings. The van der Waals surface area contributed by atoms with E-state index in [0.29, 0.717) is 6.54 Å². The number of hydrogen-bond donors (Lipinski definition) is 1. The summed E-state index contributed by atoms with van der Waals surface area (Å²) in [5.41, 5.74) is 2.19. The SMILES string of the molecule is c1ccc(-c2nsc(NCc3ccc(N4CCCCCC4)nc3)n2)cc1. The molecule has 1 fully saturated rings. The zero-order valence-corrected chi connectivity index (χ0v) is 15.6. The van der Waals surface area contributed by atoms with Gasteiger partial charge in [-0.2, -0.15) is 9.36 Å². The van der Waals surface area contributed by atoms with Gasteiger partial charge in [-0.3, -0.25) is 0 Å². The molecule has 0 amide bonds. The van der Waals surface area contributed by atoms with Gasteiger partial charge in [0, 0.05) is 42.9 Å². The molecule has 4 rings (SSSR count). The fourth-order valence-corrected chi connectivity index (χ4v) is 3.77. The number of nitrogens with zero attached hydrogens (tertiary/aromatic N) is 4. The average Bonchev–Trinajstić information content (AvgIpc) is 3.01. The molecule has 1 N–H and O–H groups in total. The maximum absolute atomic E-state index is 4.66. The van der Waals surface area contributed by atoms with E-state index in [-0.39, 0.29) is 0 Å². The van der Waals surface area contributed by atoms with Crippen LogP contribution in [0.4, 0.5) is 10.9 Å². The number of anilines is 2. The van der Waals surface area contributed by atoms with Crippen LogP contribution in [0, 0.1) is 0 Å². The monoisotopic (exact) mass is 365 g/mol. The fraction of sp³-hybridized carbons (Fsp3) is 0.350. The van der Waals surface area contributed by atoms with Crippen LogP contribution >= 0.6 is 11.5 Å². The number of pyridine rings is 1. The van der Waals surface area contributed by atoms with Crippen molar-refractivity contribution >= 4 is 22.5 Å². The van der Waals surface area contributed by atoms with Gasteiger partial charge in [0.2, 0.25) is 5.13 Å². The molecule has 5 nitrogen and oxygen atoms in total. The van der Waals surface area contributed by atoms with Crippen LogP contribution in [0.15, 0.2) is 48.7 Å². The van der Waals surface area contributed by atoms with Crippen molar-refractivity contribution < 1.29 is 0 Å². The molecular formula is C20H23N5S. The molecule has 26 heavy (non-hydrogen) atoms. The Balaban J connectivity index is 1.35. The van der Waals surface area contributed by atoms with E-state index in [1.54, 1.807) is 0 Å². The lowest BCUT2D eigenvalue weighted by molar-refractivity contribution is 0.726. The Morgan fingerprint density at radius 2 is 1.77 bits per heavy atom. The van der Waals surface area contributed by atoms with Crippen LogP contribution in [-0.4, -0.2) is 27.4 Å². The van der Waals surface area contributed by atoms with Gasteiger partial charge < -0.3 is 10.2 Å². The molecule has 1 saturated heterocycles. The lowest BCUT2D eigenvalue weighted by atomic mass is 10.2. The largest absolute Gasteiger partial charge is 0.357 e. The summed E-state index contributed by atoms with van der Waals surface area (Å²) in [5, 5.41) is 4.19. The second kappa shape index (κ2) is 8.27. The highest BCUT2D eigenvalue weighted by molar-refractivity contribution is 7.09. The molecular weight excluding hydrogens is 342 g/mol. The Bertz CT molecular complexity index is 808. The van der Waals surface area contributed by atoms with Crippen LogP contribution < -0.4 is 10.2 Å². The van der Waals surface area contributed by atoms with Crippen LogP contribution in [0.5, 0.6) is 0 Å². The molecule has 0 radical (unpaired) electrons. The highest BCUT2D eigenvalue weighted by Gasteiger charge is 2.11. The van der Waals surface area contributed by atoms with E-state index in [1.165, 1.54) is 37.2 Å². The zero-order chi connectivity index (χ0) is 17.6. The highest BCUT2D eigenvalue weighted by atomic mass is 32.1. The number of nitrogens with one attached hydrogen (secondary N) is 1. The number of aromatic nitrogens is 3. The number of rotatable bonds is 5. The average molecular weight is 366 g/mol. The van der Waals surface area contributed by atoms with Crippen LogP contribution in [0.3, 0.4) is 0 Å². The lowest BCUT2D eigenvalue weighted by Crippen LogP contribution is -2.24. The third kappa shape index (κ3) is 4.19. The summed E-state index contributed by atoms with van der Waals surface area (Å²) < 4.78 is 4.43. The first-order valence-electron chi connectivity index (χ1n) is 9.21. The number of hydrogen-bond acceptors (Lipinski definition) is 6. The first-order chi connectivity index (χ1) is 12.9. The van der Waals surface area contributed by atoms with Gasteiger partial charge in [0.1, 0.15) is 5.82 Å². The van der Waals surface area contributed by atoms with Crippen molar-refractivity contribution in [1.29, 1.82) is 0 Å². The van der Waals surface area contributed by atoms with Gasteiger partial charge in [0.25, 0.3) is 0 Å². The van der Waals surface area contributed by atoms with Gasteiger partial charge in [0.15, 0.2) is 5.82 Å². The molecule has 2 aromatic heterocycles. The zero-order valence-electron chi connectivity index (χ0n) is 14.8. The Labute approximate surface area is 158 Å². The van der Waals surface area contributed by atoms with Crippen molar-refractivity contribution in [2.45, 2.75) is 32.2 Å². The normalized spacial score (nSPS) is 14.8. The van der Waals surface area contributed by atoms with E-state index in [9.17, 15) is 0 Å².